The largest absolute Gasteiger partial charge is 0.379 e. The van der Waals surface area contributed by atoms with E-state index in [-0.39, 0.29) is 38.3 Å². The smallest absolute Gasteiger partial charge is 0.261 e. The number of thioether (sulfide) groups is 1. The van der Waals surface area contributed by atoms with E-state index < -0.39 is 11.7 Å². The van der Waals surface area contributed by atoms with Crippen LogP contribution in [0.15, 0.2) is 0 Å². The molecule has 288 valence electrons. The first-order valence-electron chi connectivity index (χ1n) is 19.4. The summed E-state index contributed by atoms with van der Waals surface area (Å²) in [6, 6.07) is -0.623. The summed E-state index contributed by atoms with van der Waals surface area (Å²) in [5, 5.41) is 2.79. The van der Waals surface area contributed by atoms with Crippen LogP contribution in [0.3, 0.4) is 0 Å². The lowest BCUT2D eigenvalue weighted by Gasteiger charge is -2.19. The zero-order valence-corrected chi connectivity index (χ0v) is 32.9. The molecule has 0 saturated heterocycles. The van der Waals surface area contributed by atoms with Crippen molar-refractivity contribution < 1.29 is 32.5 Å². The molecule has 1 amide bonds. The van der Waals surface area contributed by atoms with Gasteiger partial charge in [0.05, 0.1) is 45.2 Å². The second-order valence-corrected chi connectivity index (χ2v) is 15.0. The molecule has 0 aliphatic heterocycles. The van der Waals surface area contributed by atoms with Crippen molar-refractivity contribution in [2.45, 2.75) is 166 Å². The second kappa shape index (κ2) is 36.7. The van der Waals surface area contributed by atoms with Crippen molar-refractivity contribution in [2.75, 3.05) is 64.3 Å². The van der Waals surface area contributed by atoms with E-state index in [0.29, 0.717) is 25.5 Å². The number of amides is 1. The third-order valence-electron chi connectivity index (χ3n) is 8.23. The number of hydrogen-bond donors (Lipinski definition) is 2. The molecule has 7 nitrogen and oxygen atoms in total. The van der Waals surface area contributed by atoms with Crippen LogP contribution in [0.2, 0.25) is 0 Å². The summed E-state index contributed by atoms with van der Waals surface area (Å²) in [5.74, 6) is 1.02. The molecular weight excluding hydrogens is 653 g/mol. The van der Waals surface area contributed by atoms with Gasteiger partial charge in [-0.25, -0.2) is 8.78 Å². The number of alkyl halides is 2. The summed E-state index contributed by atoms with van der Waals surface area (Å²) in [5.41, 5.74) is 3.34. The second-order valence-electron chi connectivity index (χ2n) is 13.1. The van der Waals surface area contributed by atoms with Gasteiger partial charge in [0.2, 0.25) is 5.91 Å². The van der Waals surface area contributed by atoms with Gasteiger partial charge < -0.3 is 30.0 Å². The van der Waals surface area contributed by atoms with Crippen molar-refractivity contribution in [3.63, 3.8) is 0 Å². The number of carbonyl (C=O) groups is 1. The molecular formula is C37H75F2N2O5PS. The Morgan fingerprint density at radius 1 is 0.667 bits per heavy atom. The Balaban J connectivity index is 4.17. The molecule has 3 atom stereocenters. The molecule has 0 radical (unpaired) electrons. The first-order chi connectivity index (χ1) is 23.3. The summed E-state index contributed by atoms with van der Waals surface area (Å²) >= 11 is 1.63. The Kier molecular flexibility index (Phi) is 36.6. The molecule has 1 unspecified atom stereocenters. The number of carbonyl (C=O) groups excluding carboxylic acids is 1. The van der Waals surface area contributed by atoms with E-state index in [1.807, 2.05) is 0 Å². The highest BCUT2D eigenvalue weighted by Crippen LogP contribution is 2.25. The van der Waals surface area contributed by atoms with Crippen molar-refractivity contribution in [3.8, 4) is 0 Å². The fourth-order valence-corrected chi connectivity index (χ4v) is 6.31. The van der Waals surface area contributed by atoms with E-state index in [1.54, 1.807) is 11.8 Å². The summed E-state index contributed by atoms with van der Waals surface area (Å²) < 4.78 is 48.3. The van der Waals surface area contributed by atoms with Gasteiger partial charge in [-0.3, -0.25) is 4.79 Å². The van der Waals surface area contributed by atoms with Crippen LogP contribution in [-0.2, 0) is 23.7 Å². The first-order valence-corrected chi connectivity index (χ1v) is 21.2. The Morgan fingerprint density at radius 3 is 1.67 bits per heavy atom. The Hall–Kier alpha value is -0.0900. The van der Waals surface area contributed by atoms with Crippen LogP contribution in [0.4, 0.5) is 8.78 Å². The molecule has 0 aromatic rings. The van der Waals surface area contributed by atoms with Gasteiger partial charge in [0.1, 0.15) is 0 Å². The van der Waals surface area contributed by atoms with E-state index in [9.17, 15) is 13.6 Å². The molecule has 11 heteroatoms. The number of hydrogen-bond acceptors (Lipinski definition) is 7. The maximum atomic E-state index is 12.7. The van der Waals surface area contributed by atoms with Crippen LogP contribution in [0.25, 0.3) is 0 Å². The zero-order valence-electron chi connectivity index (χ0n) is 30.9. The van der Waals surface area contributed by atoms with Crippen LogP contribution in [-0.4, -0.2) is 88.0 Å². The third-order valence-corrected chi connectivity index (χ3v) is 9.72. The molecule has 0 fully saturated rings. The van der Waals surface area contributed by atoms with Gasteiger partial charge in [0.25, 0.3) is 5.66 Å². The predicted molar refractivity (Wildman–Crippen MR) is 203 cm³/mol. The van der Waals surface area contributed by atoms with E-state index in [0.717, 1.165) is 31.8 Å². The number of nitrogens with one attached hydrogen (secondary N) is 1. The number of unbranched alkanes of at least 4 members (excludes halogenated alkanes) is 18. The van der Waals surface area contributed by atoms with Gasteiger partial charge in [0, 0.05) is 37.7 Å². The van der Waals surface area contributed by atoms with Crippen LogP contribution >= 0.6 is 21.0 Å². The molecule has 0 aromatic heterocycles. The van der Waals surface area contributed by atoms with E-state index in [4.69, 9.17) is 24.7 Å². The molecule has 0 aliphatic rings. The lowest BCUT2D eigenvalue weighted by molar-refractivity contribution is -0.122. The minimum Gasteiger partial charge on any atom is -0.379 e. The lowest BCUT2D eigenvalue weighted by atomic mass is 10.1. The highest BCUT2D eigenvalue weighted by molar-refractivity contribution is 7.99. The maximum Gasteiger partial charge on any atom is 0.261 e. The van der Waals surface area contributed by atoms with Crippen LogP contribution in [0.1, 0.15) is 149 Å². The van der Waals surface area contributed by atoms with E-state index >= 15 is 0 Å². The average Bonchev–Trinajstić information content (AvgIpc) is 3.05. The van der Waals surface area contributed by atoms with Crippen molar-refractivity contribution in [1.82, 2.24) is 5.32 Å². The quantitative estimate of drug-likeness (QED) is 0.0482. The average molecular weight is 729 g/mol. The monoisotopic (exact) mass is 729 g/mol. The van der Waals surface area contributed by atoms with Gasteiger partial charge in [-0.2, -0.15) is 11.8 Å². The van der Waals surface area contributed by atoms with Crippen LogP contribution in [0, 0.1) is 0 Å². The summed E-state index contributed by atoms with van der Waals surface area (Å²) in [6.45, 7) is 7.73. The molecule has 0 spiro atoms. The van der Waals surface area contributed by atoms with Gasteiger partial charge >= 0.3 is 0 Å². The number of nitrogens with two attached hydrogens (primary N) is 1. The van der Waals surface area contributed by atoms with E-state index in [2.05, 4.69) is 19.2 Å². The molecule has 0 aromatic carbocycles. The van der Waals surface area contributed by atoms with Crippen LogP contribution < -0.4 is 11.1 Å². The lowest BCUT2D eigenvalue weighted by Crippen LogP contribution is -2.43. The normalized spacial score (nSPS) is 13.2. The molecule has 0 rings (SSSR count). The fraction of sp³-hybridized carbons (Fsp3) is 0.973. The molecule has 0 bridgehead atoms. The topological polar surface area (TPSA) is 92.0 Å². The SMILES string of the molecule is CCCCCCCCCCCCOC[C@H](CSC[C@H](N)C(=O)NCCOCCOCCC(F)(F)P)OCCCCCCCCCCCC. The summed E-state index contributed by atoms with van der Waals surface area (Å²) in [7, 11) is 1.50. The number of ether oxygens (including phenoxy) is 4. The highest BCUT2D eigenvalue weighted by atomic mass is 32.2. The zero-order chi connectivity index (χ0) is 35.4. The van der Waals surface area contributed by atoms with Crippen molar-refractivity contribution >= 4 is 26.9 Å². The van der Waals surface area contributed by atoms with Crippen molar-refractivity contribution in [3.05, 3.63) is 0 Å². The summed E-state index contributed by atoms with van der Waals surface area (Å²) in [4.78, 5) is 12.4. The Morgan fingerprint density at radius 2 is 1.15 bits per heavy atom. The molecule has 0 saturated carbocycles. The van der Waals surface area contributed by atoms with Gasteiger partial charge in [0.15, 0.2) is 0 Å². The number of halogens is 2. The Bertz CT molecular complexity index is 682. The van der Waals surface area contributed by atoms with Crippen molar-refractivity contribution in [2.24, 2.45) is 5.73 Å². The molecule has 48 heavy (non-hydrogen) atoms. The minimum atomic E-state index is -2.80. The fourth-order valence-electron chi connectivity index (χ4n) is 5.20. The van der Waals surface area contributed by atoms with E-state index in [1.165, 1.54) is 125 Å². The number of rotatable bonds is 39. The molecule has 0 aliphatic carbocycles. The standard InChI is InChI=1S/C37H75F2N2O5PS/c1-3-5-7-9-11-13-15-17-19-21-25-45-31-34(46-26-22-20-18-16-14-12-10-8-6-4-2)32-48-33-35(40)36(42)41-24-28-44-30-29-43-27-23-37(38,39)47/h34-35H,3-33,40,47H2,1-2H3,(H,41,42)/t34-,35+/m1/s1. The van der Waals surface area contributed by atoms with Crippen LogP contribution in [0.5, 0.6) is 0 Å². The Labute approximate surface area is 300 Å². The van der Waals surface area contributed by atoms with Crippen molar-refractivity contribution in [1.29, 1.82) is 0 Å². The first kappa shape index (κ1) is 47.9. The third kappa shape index (κ3) is 37.2. The summed E-state index contributed by atoms with van der Waals surface area (Å²) in [6.07, 6.45) is 25.7. The highest BCUT2D eigenvalue weighted by Gasteiger charge is 2.20. The predicted octanol–water partition coefficient (Wildman–Crippen LogP) is 9.30. The molecule has 3 N–H and O–H groups in total. The minimum absolute atomic E-state index is 0.00938. The van der Waals surface area contributed by atoms with Gasteiger partial charge in [-0.05, 0) is 12.8 Å². The maximum absolute atomic E-state index is 12.7. The van der Waals surface area contributed by atoms with Gasteiger partial charge in [-0.1, -0.05) is 139 Å². The molecule has 0 heterocycles. The van der Waals surface area contributed by atoms with Gasteiger partial charge in [-0.15, -0.1) is 0 Å².